The summed E-state index contributed by atoms with van der Waals surface area (Å²) in [4.78, 5) is 22.9. The van der Waals surface area contributed by atoms with Gasteiger partial charge in [0.05, 0.1) is 23.8 Å². The molecule has 0 bridgehead atoms. The molecule has 8 heteroatoms. The number of nitrogens with one attached hydrogen (secondary N) is 1. The fourth-order valence-corrected chi connectivity index (χ4v) is 2.66. The van der Waals surface area contributed by atoms with Gasteiger partial charge in [0, 0.05) is 4.47 Å². The van der Waals surface area contributed by atoms with Crippen LogP contribution in [0.15, 0.2) is 40.9 Å². The number of carbonyl (C=O) groups is 1. The third-order valence-electron chi connectivity index (χ3n) is 3.42. The lowest BCUT2D eigenvalue weighted by molar-refractivity contribution is -0.386. The maximum atomic E-state index is 12.3. The number of anilines is 1. The van der Waals surface area contributed by atoms with Crippen LogP contribution in [0.2, 0.25) is 0 Å². The van der Waals surface area contributed by atoms with Crippen molar-refractivity contribution in [2.75, 3.05) is 12.4 Å². The lowest BCUT2D eigenvalue weighted by atomic mass is 10.2. The summed E-state index contributed by atoms with van der Waals surface area (Å²) in [5, 5.41) is 13.9. The summed E-state index contributed by atoms with van der Waals surface area (Å²) in [6.07, 6.45) is -0.930. The molecule has 0 spiro atoms. The summed E-state index contributed by atoms with van der Waals surface area (Å²) in [7, 11) is 1.41. The first kappa shape index (κ1) is 18.7. The second-order valence-electron chi connectivity index (χ2n) is 5.32. The monoisotopic (exact) mass is 408 g/mol. The molecule has 1 atom stereocenters. The Morgan fingerprint density at radius 1 is 1.28 bits per heavy atom. The van der Waals surface area contributed by atoms with Crippen LogP contribution in [-0.4, -0.2) is 24.0 Å². The van der Waals surface area contributed by atoms with Crippen molar-refractivity contribution in [3.05, 3.63) is 56.5 Å². The summed E-state index contributed by atoms with van der Waals surface area (Å²) in [5.41, 5.74) is 1.37. The van der Waals surface area contributed by atoms with Crippen molar-refractivity contribution in [3.8, 4) is 11.5 Å². The third-order valence-corrected chi connectivity index (χ3v) is 4.07. The van der Waals surface area contributed by atoms with Crippen LogP contribution in [0, 0.1) is 17.0 Å². The van der Waals surface area contributed by atoms with E-state index >= 15 is 0 Å². The van der Waals surface area contributed by atoms with Gasteiger partial charge in [-0.15, -0.1) is 0 Å². The number of benzene rings is 2. The fourth-order valence-electron chi connectivity index (χ4n) is 2.07. The molecule has 0 saturated heterocycles. The highest BCUT2D eigenvalue weighted by molar-refractivity contribution is 9.10. The van der Waals surface area contributed by atoms with Crippen LogP contribution in [0.1, 0.15) is 12.5 Å². The normalized spacial score (nSPS) is 11.5. The molecule has 2 aromatic carbocycles. The quantitative estimate of drug-likeness (QED) is 0.574. The molecule has 132 valence electrons. The summed E-state index contributed by atoms with van der Waals surface area (Å²) in [5.74, 6) is -0.0918. The van der Waals surface area contributed by atoms with E-state index in [2.05, 4.69) is 21.2 Å². The van der Waals surface area contributed by atoms with Gasteiger partial charge < -0.3 is 14.8 Å². The molecule has 1 amide bonds. The molecule has 0 radical (unpaired) electrons. The van der Waals surface area contributed by atoms with Crippen molar-refractivity contribution in [1.82, 2.24) is 0 Å². The van der Waals surface area contributed by atoms with Crippen molar-refractivity contribution in [3.63, 3.8) is 0 Å². The highest BCUT2D eigenvalue weighted by atomic mass is 79.9. The van der Waals surface area contributed by atoms with E-state index in [9.17, 15) is 14.9 Å². The average Bonchev–Trinajstić information content (AvgIpc) is 2.57. The molecule has 0 aromatic heterocycles. The van der Waals surface area contributed by atoms with Crippen molar-refractivity contribution in [2.24, 2.45) is 0 Å². The maximum absolute atomic E-state index is 12.3. The number of amides is 1. The number of nitro benzene ring substituents is 1. The van der Waals surface area contributed by atoms with Crippen molar-refractivity contribution < 1.29 is 19.2 Å². The average molecular weight is 409 g/mol. The summed E-state index contributed by atoms with van der Waals surface area (Å²) in [6.45, 7) is 3.45. The van der Waals surface area contributed by atoms with Gasteiger partial charge in [0.25, 0.3) is 5.91 Å². The van der Waals surface area contributed by atoms with Crippen LogP contribution in [-0.2, 0) is 4.79 Å². The topological polar surface area (TPSA) is 90.7 Å². The SMILES string of the molecule is COc1ccc(OC(C)C(=O)Nc2ccc(C)cc2Br)c([N+](=O)[O-])c1. The summed E-state index contributed by atoms with van der Waals surface area (Å²) in [6, 6.07) is 9.68. The van der Waals surface area contributed by atoms with Crippen molar-refractivity contribution >= 4 is 33.2 Å². The summed E-state index contributed by atoms with van der Waals surface area (Å²) < 4.78 is 11.2. The van der Waals surface area contributed by atoms with E-state index in [4.69, 9.17) is 9.47 Å². The standard InChI is InChI=1S/C17H17BrN2O5/c1-10-4-6-14(13(18)8-10)19-17(21)11(2)25-16-7-5-12(24-3)9-15(16)20(22)23/h4-9,11H,1-3H3,(H,19,21). The first-order valence-electron chi connectivity index (χ1n) is 7.38. The van der Waals surface area contributed by atoms with Crippen LogP contribution in [0.5, 0.6) is 11.5 Å². The van der Waals surface area contributed by atoms with Crippen molar-refractivity contribution in [1.29, 1.82) is 0 Å². The number of nitrogens with zero attached hydrogens (tertiary/aromatic N) is 1. The van der Waals surface area contributed by atoms with Gasteiger partial charge in [-0.1, -0.05) is 6.07 Å². The largest absolute Gasteiger partial charge is 0.496 e. The first-order valence-corrected chi connectivity index (χ1v) is 8.17. The van der Waals surface area contributed by atoms with Crippen LogP contribution in [0.3, 0.4) is 0 Å². The second kappa shape index (κ2) is 7.98. The van der Waals surface area contributed by atoms with Gasteiger partial charge in [0.2, 0.25) is 0 Å². The molecular weight excluding hydrogens is 392 g/mol. The van der Waals surface area contributed by atoms with Gasteiger partial charge in [-0.25, -0.2) is 0 Å². The van der Waals surface area contributed by atoms with Gasteiger partial charge >= 0.3 is 5.69 Å². The number of aryl methyl sites for hydroxylation is 1. The number of halogens is 1. The first-order chi connectivity index (χ1) is 11.8. The molecule has 0 aliphatic heterocycles. The van der Waals surface area contributed by atoms with E-state index in [0.717, 1.165) is 10.0 Å². The number of nitro groups is 1. The predicted octanol–water partition coefficient (Wildman–Crippen LogP) is 4.08. The Kier molecular flexibility index (Phi) is 5.97. The minimum atomic E-state index is -0.930. The minimum Gasteiger partial charge on any atom is -0.496 e. The Labute approximate surface area is 153 Å². The van der Waals surface area contributed by atoms with Crippen molar-refractivity contribution in [2.45, 2.75) is 20.0 Å². The molecule has 2 aromatic rings. The highest BCUT2D eigenvalue weighted by Crippen LogP contribution is 2.32. The van der Waals surface area contributed by atoms with E-state index in [1.54, 1.807) is 6.07 Å². The van der Waals surface area contributed by atoms with Gasteiger partial charge in [-0.05, 0) is 59.6 Å². The molecule has 0 heterocycles. The van der Waals surface area contributed by atoms with E-state index in [-0.39, 0.29) is 11.4 Å². The minimum absolute atomic E-state index is 0.00331. The number of hydrogen-bond acceptors (Lipinski definition) is 5. The fraction of sp³-hybridized carbons (Fsp3) is 0.235. The number of hydrogen-bond donors (Lipinski definition) is 1. The van der Waals surface area contributed by atoms with Crippen LogP contribution in [0.25, 0.3) is 0 Å². The number of carbonyl (C=O) groups excluding carboxylic acids is 1. The molecule has 0 saturated carbocycles. The van der Waals surface area contributed by atoms with Crippen LogP contribution in [0.4, 0.5) is 11.4 Å². The maximum Gasteiger partial charge on any atom is 0.314 e. The zero-order valence-electron chi connectivity index (χ0n) is 13.9. The molecule has 0 aliphatic rings. The van der Waals surface area contributed by atoms with Gasteiger partial charge in [-0.3, -0.25) is 14.9 Å². The Hall–Kier alpha value is -2.61. The smallest absolute Gasteiger partial charge is 0.314 e. The lowest BCUT2D eigenvalue weighted by Gasteiger charge is -2.16. The number of rotatable bonds is 6. The van der Waals surface area contributed by atoms with Gasteiger partial charge in [0.1, 0.15) is 5.75 Å². The van der Waals surface area contributed by atoms with E-state index < -0.39 is 16.9 Å². The Bertz CT molecular complexity index is 810. The zero-order valence-corrected chi connectivity index (χ0v) is 15.5. The van der Waals surface area contributed by atoms with E-state index in [1.807, 2.05) is 19.1 Å². The third kappa shape index (κ3) is 4.69. The highest BCUT2D eigenvalue weighted by Gasteiger charge is 2.22. The molecule has 25 heavy (non-hydrogen) atoms. The Morgan fingerprint density at radius 3 is 2.60 bits per heavy atom. The number of methoxy groups -OCH3 is 1. The van der Waals surface area contributed by atoms with Gasteiger partial charge in [0.15, 0.2) is 11.9 Å². The number of ether oxygens (including phenoxy) is 2. The van der Waals surface area contributed by atoms with Gasteiger partial charge in [-0.2, -0.15) is 0 Å². The molecular formula is C17H17BrN2O5. The zero-order chi connectivity index (χ0) is 18.6. The molecule has 2 rings (SSSR count). The molecule has 1 N–H and O–H groups in total. The second-order valence-corrected chi connectivity index (χ2v) is 6.18. The van der Waals surface area contributed by atoms with Crippen LogP contribution < -0.4 is 14.8 Å². The van der Waals surface area contributed by atoms with E-state index in [0.29, 0.717) is 11.4 Å². The lowest BCUT2D eigenvalue weighted by Crippen LogP contribution is -2.30. The predicted molar refractivity (Wildman–Crippen MR) is 97.2 cm³/mol. The molecule has 0 fully saturated rings. The Balaban J connectivity index is 2.14. The molecule has 0 aliphatic carbocycles. The summed E-state index contributed by atoms with van der Waals surface area (Å²) >= 11 is 3.38. The van der Waals surface area contributed by atoms with E-state index in [1.165, 1.54) is 32.2 Å². The Morgan fingerprint density at radius 2 is 2.00 bits per heavy atom. The molecule has 7 nitrogen and oxygen atoms in total. The molecule has 1 unspecified atom stereocenters. The van der Waals surface area contributed by atoms with Crippen LogP contribution >= 0.6 is 15.9 Å².